The molecule has 0 spiro atoms. The Labute approximate surface area is 130 Å². The predicted molar refractivity (Wildman–Crippen MR) is 87.9 cm³/mol. The summed E-state index contributed by atoms with van der Waals surface area (Å²) in [6, 6.07) is 0.279. The Hall–Kier alpha value is -0.570. The van der Waals surface area contributed by atoms with Crippen LogP contribution in [0.15, 0.2) is 0 Å². The summed E-state index contributed by atoms with van der Waals surface area (Å²) in [7, 11) is 0. The Balaban J connectivity index is 2.12. The van der Waals surface area contributed by atoms with Gasteiger partial charge in [0.15, 0.2) is 0 Å². The van der Waals surface area contributed by atoms with Crippen LogP contribution in [0.4, 0.5) is 0 Å². The van der Waals surface area contributed by atoms with Crippen molar-refractivity contribution >= 4 is 5.91 Å². The Kier molecular flexibility index (Phi) is 5.70. The average Bonchev–Trinajstić information content (AvgIpc) is 2.94. The van der Waals surface area contributed by atoms with Gasteiger partial charge < -0.3 is 10.6 Å². The van der Waals surface area contributed by atoms with Crippen LogP contribution in [-0.2, 0) is 4.79 Å². The number of nitrogens with zero attached hydrogens (tertiary/aromatic N) is 1. The normalized spacial score (nSPS) is 29.1. The van der Waals surface area contributed by atoms with E-state index >= 15 is 0 Å². The van der Waals surface area contributed by atoms with Crippen LogP contribution in [-0.4, -0.2) is 29.9 Å². The lowest BCUT2D eigenvalue weighted by molar-refractivity contribution is -0.147. The standard InChI is InChI=1S/C18H34N2O/c1-4-15-7-10-20(16(11-15)13-19)17(21)18(12-14(2)3)8-5-6-9-18/h14-16H,4-13,19H2,1-3H3. The molecule has 3 nitrogen and oxygen atoms in total. The highest BCUT2D eigenvalue weighted by Gasteiger charge is 2.45. The van der Waals surface area contributed by atoms with Gasteiger partial charge in [0.1, 0.15) is 0 Å². The van der Waals surface area contributed by atoms with Gasteiger partial charge >= 0.3 is 0 Å². The molecule has 0 radical (unpaired) electrons. The van der Waals surface area contributed by atoms with Crippen molar-refractivity contribution in [1.82, 2.24) is 4.90 Å². The molecular formula is C18H34N2O. The topological polar surface area (TPSA) is 46.3 Å². The molecule has 0 aromatic heterocycles. The van der Waals surface area contributed by atoms with Crippen molar-refractivity contribution in [2.45, 2.75) is 78.2 Å². The minimum absolute atomic E-state index is 0.0688. The van der Waals surface area contributed by atoms with Gasteiger partial charge in [0.2, 0.25) is 5.91 Å². The van der Waals surface area contributed by atoms with E-state index in [0.29, 0.717) is 18.4 Å². The molecule has 1 aliphatic carbocycles. The first-order valence-electron chi connectivity index (χ1n) is 9.03. The van der Waals surface area contributed by atoms with E-state index in [1.807, 2.05) is 0 Å². The van der Waals surface area contributed by atoms with Crippen molar-refractivity contribution in [1.29, 1.82) is 0 Å². The minimum Gasteiger partial charge on any atom is -0.338 e. The van der Waals surface area contributed by atoms with E-state index in [1.54, 1.807) is 0 Å². The third-order valence-corrected chi connectivity index (χ3v) is 5.75. The molecule has 122 valence electrons. The first-order valence-corrected chi connectivity index (χ1v) is 9.03. The number of amides is 1. The fourth-order valence-electron chi connectivity index (χ4n) is 4.64. The first kappa shape index (κ1) is 16.8. The predicted octanol–water partition coefficient (Wildman–Crippen LogP) is 3.57. The quantitative estimate of drug-likeness (QED) is 0.842. The van der Waals surface area contributed by atoms with E-state index in [0.717, 1.165) is 44.6 Å². The summed E-state index contributed by atoms with van der Waals surface area (Å²) in [4.78, 5) is 15.5. The van der Waals surface area contributed by atoms with Gasteiger partial charge in [-0.15, -0.1) is 0 Å². The summed E-state index contributed by atoms with van der Waals surface area (Å²) in [6.45, 7) is 8.31. The molecule has 1 heterocycles. The number of nitrogens with two attached hydrogens (primary N) is 1. The third kappa shape index (κ3) is 3.61. The van der Waals surface area contributed by atoms with Crippen molar-refractivity contribution in [3.8, 4) is 0 Å². The smallest absolute Gasteiger partial charge is 0.229 e. The lowest BCUT2D eigenvalue weighted by atomic mass is 9.76. The van der Waals surface area contributed by atoms with Crippen LogP contribution >= 0.6 is 0 Å². The fourth-order valence-corrected chi connectivity index (χ4v) is 4.64. The second-order valence-electron chi connectivity index (χ2n) is 7.77. The van der Waals surface area contributed by atoms with Crippen LogP contribution in [0.3, 0.4) is 0 Å². The highest BCUT2D eigenvalue weighted by Crippen LogP contribution is 2.45. The average molecular weight is 294 g/mol. The highest BCUT2D eigenvalue weighted by molar-refractivity contribution is 5.83. The molecule has 0 bridgehead atoms. The van der Waals surface area contributed by atoms with Crippen molar-refractivity contribution < 1.29 is 4.79 Å². The molecule has 1 amide bonds. The van der Waals surface area contributed by atoms with Gasteiger partial charge in [0.05, 0.1) is 0 Å². The Morgan fingerprint density at radius 2 is 2.00 bits per heavy atom. The van der Waals surface area contributed by atoms with Gasteiger partial charge in [-0.3, -0.25) is 4.79 Å². The molecule has 2 atom stereocenters. The largest absolute Gasteiger partial charge is 0.338 e. The van der Waals surface area contributed by atoms with Gasteiger partial charge in [0, 0.05) is 24.5 Å². The fraction of sp³-hybridized carbons (Fsp3) is 0.944. The summed E-state index contributed by atoms with van der Waals surface area (Å²) in [5.41, 5.74) is 5.93. The second-order valence-corrected chi connectivity index (χ2v) is 7.77. The summed E-state index contributed by atoms with van der Waals surface area (Å²) in [5.74, 6) is 1.78. The van der Waals surface area contributed by atoms with Crippen LogP contribution in [0.2, 0.25) is 0 Å². The number of hydrogen-bond donors (Lipinski definition) is 1. The van der Waals surface area contributed by atoms with Crippen LogP contribution in [0.25, 0.3) is 0 Å². The molecule has 21 heavy (non-hydrogen) atoms. The molecule has 1 saturated carbocycles. The molecule has 2 fully saturated rings. The Morgan fingerprint density at radius 1 is 1.33 bits per heavy atom. The third-order valence-electron chi connectivity index (χ3n) is 5.75. The molecular weight excluding hydrogens is 260 g/mol. The zero-order valence-electron chi connectivity index (χ0n) is 14.2. The maximum atomic E-state index is 13.3. The van der Waals surface area contributed by atoms with E-state index < -0.39 is 0 Å². The van der Waals surface area contributed by atoms with Crippen LogP contribution in [0.1, 0.15) is 72.1 Å². The van der Waals surface area contributed by atoms with Gasteiger partial charge in [-0.2, -0.15) is 0 Å². The second kappa shape index (κ2) is 7.13. The Bertz CT molecular complexity index is 347. The van der Waals surface area contributed by atoms with Crippen molar-refractivity contribution in [3.05, 3.63) is 0 Å². The lowest BCUT2D eigenvalue weighted by Gasteiger charge is -2.44. The van der Waals surface area contributed by atoms with Gasteiger partial charge in [-0.25, -0.2) is 0 Å². The number of hydrogen-bond acceptors (Lipinski definition) is 2. The molecule has 2 unspecified atom stereocenters. The van der Waals surface area contributed by atoms with Gasteiger partial charge in [-0.1, -0.05) is 40.0 Å². The van der Waals surface area contributed by atoms with E-state index in [1.165, 1.54) is 19.3 Å². The number of carbonyl (C=O) groups excluding carboxylic acids is 1. The van der Waals surface area contributed by atoms with Crippen LogP contribution < -0.4 is 5.73 Å². The van der Waals surface area contributed by atoms with Crippen molar-refractivity contribution in [3.63, 3.8) is 0 Å². The van der Waals surface area contributed by atoms with Gasteiger partial charge in [0.25, 0.3) is 0 Å². The molecule has 1 saturated heterocycles. The van der Waals surface area contributed by atoms with Crippen molar-refractivity contribution in [2.75, 3.05) is 13.1 Å². The molecule has 2 rings (SSSR count). The molecule has 2 aliphatic rings. The maximum absolute atomic E-state index is 13.3. The molecule has 2 N–H and O–H groups in total. The number of piperidine rings is 1. The number of carbonyl (C=O) groups is 1. The number of rotatable bonds is 5. The summed E-state index contributed by atoms with van der Waals surface area (Å²) < 4.78 is 0. The first-order chi connectivity index (χ1) is 10.0. The molecule has 1 aliphatic heterocycles. The summed E-state index contributed by atoms with van der Waals surface area (Å²) in [5, 5.41) is 0. The molecule has 3 heteroatoms. The lowest BCUT2D eigenvalue weighted by Crippen LogP contribution is -2.54. The maximum Gasteiger partial charge on any atom is 0.229 e. The van der Waals surface area contributed by atoms with Gasteiger partial charge in [-0.05, 0) is 43.9 Å². The van der Waals surface area contributed by atoms with Crippen molar-refractivity contribution in [2.24, 2.45) is 23.0 Å². The number of likely N-dealkylation sites (tertiary alicyclic amines) is 1. The monoisotopic (exact) mass is 294 g/mol. The zero-order valence-corrected chi connectivity index (χ0v) is 14.2. The SMILES string of the molecule is CCC1CCN(C(=O)C2(CC(C)C)CCCC2)C(CN)C1. The molecule has 0 aromatic carbocycles. The van der Waals surface area contributed by atoms with E-state index in [2.05, 4.69) is 25.7 Å². The zero-order chi connectivity index (χ0) is 15.5. The summed E-state index contributed by atoms with van der Waals surface area (Å²) >= 11 is 0. The molecule has 0 aromatic rings. The van der Waals surface area contributed by atoms with Crippen LogP contribution in [0.5, 0.6) is 0 Å². The minimum atomic E-state index is -0.0688. The van der Waals surface area contributed by atoms with Crippen LogP contribution in [0, 0.1) is 17.3 Å². The Morgan fingerprint density at radius 3 is 2.52 bits per heavy atom. The van der Waals surface area contributed by atoms with E-state index in [4.69, 9.17) is 5.73 Å². The highest BCUT2D eigenvalue weighted by atomic mass is 16.2. The van der Waals surface area contributed by atoms with E-state index in [-0.39, 0.29) is 11.5 Å². The summed E-state index contributed by atoms with van der Waals surface area (Å²) in [6.07, 6.45) is 9.16. The van der Waals surface area contributed by atoms with E-state index in [9.17, 15) is 4.79 Å².